The summed E-state index contributed by atoms with van der Waals surface area (Å²) in [7, 11) is 0. The van der Waals surface area contributed by atoms with Gasteiger partial charge in [0.25, 0.3) is 0 Å². The summed E-state index contributed by atoms with van der Waals surface area (Å²) < 4.78 is 0. The van der Waals surface area contributed by atoms with Gasteiger partial charge in [-0.3, -0.25) is 4.99 Å². The highest BCUT2D eigenvalue weighted by Crippen LogP contribution is 2.19. The molecule has 0 saturated carbocycles. The zero-order chi connectivity index (χ0) is 6.74. The molecule has 0 aromatic carbocycles. The Labute approximate surface area is 55.7 Å². The van der Waals surface area contributed by atoms with Gasteiger partial charge in [-0.05, 0) is 11.8 Å². The molecule has 1 aliphatic heterocycles. The number of hydrogen-bond acceptors (Lipinski definition) is 2. The molecule has 1 aliphatic rings. The highest BCUT2D eigenvalue weighted by molar-refractivity contribution is 5.73. The lowest BCUT2D eigenvalue weighted by Gasteiger charge is -2.17. The van der Waals surface area contributed by atoms with Crippen molar-refractivity contribution >= 4 is 12.6 Å². The van der Waals surface area contributed by atoms with Gasteiger partial charge in [0.15, 0.2) is 0 Å². The van der Waals surface area contributed by atoms with Crippen LogP contribution < -0.4 is 0 Å². The maximum absolute atomic E-state index is 4.10. The number of nitrogens with zero attached hydrogens (tertiary/aromatic N) is 2. The molecule has 0 N–H and O–H groups in total. The summed E-state index contributed by atoms with van der Waals surface area (Å²) in [5.41, 5.74) is 0.316. The Kier molecular flexibility index (Phi) is 1.65. The van der Waals surface area contributed by atoms with Gasteiger partial charge in [0.2, 0.25) is 0 Å². The maximum Gasteiger partial charge on any atom is 0.109 e. The molecule has 0 aromatic heterocycles. The third-order valence-corrected chi connectivity index (χ3v) is 1.42. The molecule has 0 atom stereocenters. The van der Waals surface area contributed by atoms with Gasteiger partial charge in [-0.2, -0.15) is 0 Å². The molecule has 0 fully saturated rings. The van der Waals surface area contributed by atoms with Crippen LogP contribution in [0.5, 0.6) is 0 Å². The molecule has 0 saturated heterocycles. The van der Waals surface area contributed by atoms with Crippen LogP contribution in [0.2, 0.25) is 0 Å². The topological polar surface area (TPSA) is 24.7 Å². The van der Waals surface area contributed by atoms with Crippen LogP contribution in [0.3, 0.4) is 0 Å². The van der Waals surface area contributed by atoms with Crippen LogP contribution in [0.25, 0.3) is 0 Å². The van der Waals surface area contributed by atoms with E-state index in [2.05, 4.69) is 23.8 Å². The van der Waals surface area contributed by atoms with Gasteiger partial charge >= 0.3 is 0 Å². The maximum atomic E-state index is 4.10. The predicted molar refractivity (Wildman–Crippen MR) is 40.2 cm³/mol. The van der Waals surface area contributed by atoms with Crippen LogP contribution in [-0.2, 0) is 0 Å². The first kappa shape index (κ1) is 6.46. The Balaban J connectivity index is 2.61. The first-order valence-corrected chi connectivity index (χ1v) is 3.21. The molecule has 0 aliphatic carbocycles. The largest absolute Gasteiger partial charge is 0.273 e. The second kappa shape index (κ2) is 2.29. The van der Waals surface area contributed by atoms with E-state index in [1.54, 1.807) is 6.34 Å². The molecular weight excluding hydrogens is 112 g/mol. The van der Waals surface area contributed by atoms with E-state index in [-0.39, 0.29) is 0 Å². The van der Waals surface area contributed by atoms with Crippen LogP contribution in [0.1, 0.15) is 20.3 Å². The molecule has 0 aromatic rings. The van der Waals surface area contributed by atoms with Gasteiger partial charge in [0.1, 0.15) is 6.34 Å². The third-order valence-electron chi connectivity index (χ3n) is 1.42. The molecule has 0 unspecified atom stereocenters. The average Bonchev–Trinajstić information content (AvgIpc) is 1.92. The molecule has 0 bridgehead atoms. The van der Waals surface area contributed by atoms with Gasteiger partial charge in [-0.15, -0.1) is 0 Å². The Hall–Kier alpha value is -0.660. The van der Waals surface area contributed by atoms with Gasteiger partial charge in [0.05, 0.1) is 0 Å². The monoisotopic (exact) mass is 124 g/mol. The van der Waals surface area contributed by atoms with Crippen molar-refractivity contribution < 1.29 is 0 Å². The number of hydrogen-bond donors (Lipinski definition) is 0. The van der Waals surface area contributed by atoms with E-state index in [0.29, 0.717) is 5.41 Å². The highest BCUT2D eigenvalue weighted by Gasteiger charge is 2.15. The van der Waals surface area contributed by atoms with E-state index in [1.165, 1.54) is 0 Å². The molecule has 2 nitrogen and oxygen atoms in total. The summed E-state index contributed by atoms with van der Waals surface area (Å²) in [5, 5.41) is 0. The number of aliphatic imine (C=N–C) groups is 2. The third kappa shape index (κ3) is 1.96. The van der Waals surface area contributed by atoms with Crippen LogP contribution >= 0.6 is 0 Å². The fraction of sp³-hybridized carbons (Fsp3) is 0.714. The molecule has 0 spiro atoms. The van der Waals surface area contributed by atoms with E-state index in [0.717, 1.165) is 13.0 Å². The van der Waals surface area contributed by atoms with Crippen molar-refractivity contribution in [3.05, 3.63) is 0 Å². The zero-order valence-electron chi connectivity index (χ0n) is 5.96. The fourth-order valence-corrected chi connectivity index (χ4v) is 0.747. The summed E-state index contributed by atoms with van der Waals surface area (Å²) in [4.78, 5) is 8.05. The van der Waals surface area contributed by atoms with Crippen molar-refractivity contribution in [3.63, 3.8) is 0 Å². The Bertz CT molecular complexity index is 129. The van der Waals surface area contributed by atoms with E-state index < -0.39 is 0 Å². The lowest BCUT2D eigenvalue weighted by Crippen LogP contribution is -2.14. The average molecular weight is 124 g/mol. The molecule has 0 radical (unpaired) electrons. The lowest BCUT2D eigenvalue weighted by molar-refractivity contribution is 0.404. The minimum atomic E-state index is 0.316. The zero-order valence-corrected chi connectivity index (χ0v) is 5.96. The minimum Gasteiger partial charge on any atom is -0.273 e. The van der Waals surface area contributed by atoms with Crippen molar-refractivity contribution in [1.29, 1.82) is 0 Å². The van der Waals surface area contributed by atoms with Crippen molar-refractivity contribution in [2.24, 2.45) is 15.4 Å². The first-order valence-electron chi connectivity index (χ1n) is 3.21. The van der Waals surface area contributed by atoms with Crippen LogP contribution in [-0.4, -0.2) is 19.1 Å². The van der Waals surface area contributed by atoms with Gasteiger partial charge in [0, 0.05) is 12.8 Å². The molecule has 2 heteroatoms. The van der Waals surface area contributed by atoms with Gasteiger partial charge < -0.3 is 0 Å². The smallest absolute Gasteiger partial charge is 0.109 e. The van der Waals surface area contributed by atoms with E-state index in [4.69, 9.17) is 0 Å². The van der Waals surface area contributed by atoms with Crippen molar-refractivity contribution in [2.75, 3.05) is 6.54 Å². The first-order chi connectivity index (χ1) is 4.21. The number of rotatable bonds is 0. The predicted octanol–water partition coefficient (Wildman–Crippen LogP) is 1.52. The lowest BCUT2D eigenvalue weighted by atomic mass is 9.90. The standard InChI is InChI=1S/C7H12N2/c1-7(2)3-4-8-6-9-5-7/h4,6H,3,5H2,1-2H3. The second-order valence-electron chi connectivity index (χ2n) is 3.16. The van der Waals surface area contributed by atoms with Crippen LogP contribution in [0.4, 0.5) is 0 Å². The normalized spacial score (nSPS) is 23.8. The molecule has 1 rings (SSSR count). The Morgan fingerprint density at radius 1 is 1.44 bits per heavy atom. The van der Waals surface area contributed by atoms with Crippen LogP contribution in [0, 0.1) is 5.41 Å². The van der Waals surface area contributed by atoms with E-state index >= 15 is 0 Å². The van der Waals surface area contributed by atoms with Crippen molar-refractivity contribution in [1.82, 2.24) is 0 Å². The molecule has 0 amide bonds. The Morgan fingerprint density at radius 2 is 2.22 bits per heavy atom. The quantitative estimate of drug-likeness (QED) is 0.467. The van der Waals surface area contributed by atoms with Crippen LogP contribution in [0.15, 0.2) is 9.98 Å². The summed E-state index contributed by atoms with van der Waals surface area (Å²) in [6, 6.07) is 0. The fourth-order valence-electron chi connectivity index (χ4n) is 0.747. The summed E-state index contributed by atoms with van der Waals surface area (Å²) in [5.74, 6) is 0. The minimum absolute atomic E-state index is 0.316. The van der Waals surface area contributed by atoms with E-state index in [1.807, 2.05) is 6.21 Å². The Morgan fingerprint density at radius 3 is 3.00 bits per heavy atom. The van der Waals surface area contributed by atoms with Crippen molar-refractivity contribution in [3.8, 4) is 0 Å². The second-order valence-corrected chi connectivity index (χ2v) is 3.16. The molecule has 1 heterocycles. The molecule has 9 heavy (non-hydrogen) atoms. The highest BCUT2D eigenvalue weighted by atomic mass is 14.9. The summed E-state index contributed by atoms with van der Waals surface area (Å²) in [6.45, 7) is 5.29. The molecular formula is C7H12N2. The van der Waals surface area contributed by atoms with E-state index in [9.17, 15) is 0 Å². The SMILES string of the molecule is CC1(C)CC=NC=NC1. The summed E-state index contributed by atoms with van der Waals surface area (Å²) >= 11 is 0. The molecule has 50 valence electrons. The summed E-state index contributed by atoms with van der Waals surface area (Å²) in [6.07, 6.45) is 4.60. The van der Waals surface area contributed by atoms with Crippen molar-refractivity contribution in [2.45, 2.75) is 20.3 Å². The van der Waals surface area contributed by atoms with Gasteiger partial charge in [-0.25, -0.2) is 4.99 Å². The van der Waals surface area contributed by atoms with Gasteiger partial charge in [-0.1, -0.05) is 13.8 Å².